The third-order valence-corrected chi connectivity index (χ3v) is 3.60. The summed E-state index contributed by atoms with van der Waals surface area (Å²) in [7, 11) is 1.67. The lowest BCUT2D eigenvalue weighted by molar-refractivity contribution is -0.128. The third-order valence-electron chi connectivity index (χ3n) is 3.60. The van der Waals surface area contributed by atoms with Crippen LogP contribution in [0.15, 0.2) is 24.3 Å². The summed E-state index contributed by atoms with van der Waals surface area (Å²) in [5.74, 6) is 0.0463. The Bertz CT molecular complexity index is 457. The fourth-order valence-corrected chi connectivity index (χ4v) is 2.35. The van der Waals surface area contributed by atoms with Gasteiger partial charge in [-0.2, -0.15) is 0 Å². The van der Waals surface area contributed by atoms with E-state index in [-0.39, 0.29) is 11.9 Å². The standard InChI is InChI=1S/C15H22N2O2/c1-15(2,14(18)16-3)10-17-13-9-19-8-11-6-4-5-7-12(11)13/h4-7,13,17H,8-10H2,1-3H3,(H,16,18). The highest BCUT2D eigenvalue weighted by atomic mass is 16.5. The quantitative estimate of drug-likeness (QED) is 0.867. The van der Waals surface area contributed by atoms with E-state index in [2.05, 4.69) is 22.8 Å². The minimum absolute atomic E-state index is 0.0463. The van der Waals surface area contributed by atoms with Crippen molar-refractivity contribution in [2.75, 3.05) is 20.2 Å². The molecule has 2 N–H and O–H groups in total. The summed E-state index contributed by atoms with van der Waals surface area (Å²) < 4.78 is 5.60. The lowest BCUT2D eigenvalue weighted by Gasteiger charge is -2.30. The number of carbonyl (C=O) groups excluding carboxylic acids is 1. The molecule has 0 fully saturated rings. The van der Waals surface area contributed by atoms with Crippen LogP contribution in [0.1, 0.15) is 31.0 Å². The Morgan fingerprint density at radius 2 is 2.16 bits per heavy atom. The first-order valence-corrected chi connectivity index (χ1v) is 6.66. The molecule has 19 heavy (non-hydrogen) atoms. The molecule has 0 spiro atoms. The Hall–Kier alpha value is -1.39. The number of hydrogen-bond donors (Lipinski definition) is 2. The predicted octanol–water partition coefficient (Wildman–Crippen LogP) is 1.62. The summed E-state index contributed by atoms with van der Waals surface area (Å²) in [4.78, 5) is 11.8. The Morgan fingerprint density at radius 1 is 1.42 bits per heavy atom. The van der Waals surface area contributed by atoms with Crippen LogP contribution in [0.4, 0.5) is 0 Å². The van der Waals surface area contributed by atoms with E-state index in [1.54, 1.807) is 7.05 Å². The van der Waals surface area contributed by atoms with Crippen LogP contribution in [0.2, 0.25) is 0 Å². The van der Waals surface area contributed by atoms with Gasteiger partial charge in [-0.15, -0.1) is 0 Å². The highest BCUT2D eigenvalue weighted by molar-refractivity contribution is 5.81. The zero-order valence-corrected chi connectivity index (χ0v) is 11.8. The first kappa shape index (κ1) is 14.0. The first-order valence-electron chi connectivity index (χ1n) is 6.66. The number of fused-ring (bicyclic) bond motifs is 1. The van der Waals surface area contributed by atoms with Gasteiger partial charge in [0, 0.05) is 13.6 Å². The molecule has 0 aliphatic carbocycles. The molecule has 0 saturated heterocycles. The van der Waals surface area contributed by atoms with Crippen molar-refractivity contribution in [1.29, 1.82) is 0 Å². The predicted molar refractivity (Wildman–Crippen MR) is 74.7 cm³/mol. The Balaban J connectivity index is 2.04. The topological polar surface area (TPSA) is 50.4 Å². The first-order chi connectivity index (χ1) is 9.04. The van der Waals surface area contributed by atoms with E-state index >= 15 is 0 Å². The van der Waals surface area contributed by atoms with Gasteiger partial charge in [0.15, 0.2) is 0 Å². The second-order valence-corrected chi connectivity index (χ2v) is 5.61. The van der Waals surface area contributed by atoms with Gasteiger partial charge < -0.3 is 15.4 Å². The number of ether oxygens (including phenoxy) is 1. The van der Waals surface area contributed by atoms with Gasteiger partial charge in [-0.3, -0.25) is 4.79 Å². The van der Waals surface area contributed by atoms with Gasteiger partial charge in [-0.05, 0) is 25.0 Å². The van der Waals surface area contributed by atoms with E-state index in [1.807, 2.05) is 26.0 Å². The van der Waals surface area contributed by atoms with E-state index in [4.69, 9.17) is 4.74 Å². The Labute approximate surface area is 114 Å². The van der Waals surface area contributed by atoms with Crippen molar-refractivity contribution in [3.05, 3.63) is 35.4 Å². The molecule has 1 aliphatic heterocycles. The number of amides is 1. The van der Waals surface area contributed by atoms with Crippen LogP contribution in [0, 0.1) is 5.41 Å². The summed E-state index contributed by atoms with van der Waals surface area (Å²) >= 11 is 0. The zero-order chi connectivity index (χ0) is 13.9. The highest BCUT2D eigenvalue weighted by Gasteiger charge is 2.29. The van der Waals surface area contributed by atoms with Crippen LogP contribution in [0.25, 0.3) is 0 Å². The molecule has 1 aromatic rings. The van der Waals surface area contributed by atoms with Crippen LogP contribution in [0.3, 0.4) is 0 Å². The minimum atomic E-state index is -0.429. The molecule has 0 radical (unpaired) electrons. The Morgan fingerprint density at radius 3 is 2.89 bits per heavy atom. The van der Waals surface area contributed by atoms with Gasteiger partial charge in [0.25, 0.3) is 0 Å². The van der Waals surface area contributed by atoms with Crippen LogP contribution in [-0.4, -0.2) is 26.1 Å². The highest BCUT2D eigenvalue weighted by Crippen LogP contribution is 2.25. The maximum atomic E-state index is 11.8. The van der Waals surface area contributed by atoms with Crippen molar-refractivity contribution in [3.63, 3.8) is 0 Å². The number of carbonyl (C=O) groups is 1. The summed E-state index contributed by atoms with van der Waals surface area (Å²) in [5.41, 5.74) is 2.08. The summed E-state index contributed by atoms with van der Waals surface area (Å²) in [6, 6.07) is 8.45. The fourth-order valence-electron chi connectivity index (χ4n) is 2.35. The van der Waals surface area contributed by atoms with Gasteiger partial charge in [-0.1, -0.05) is 24.3 Å². The SMILES string of the molecule is CNC(=O)C(C)(C)CNC1COCc2ccccc21. The number of nitrogens with one attached hydrogen (secondary N) is 2. The van der Waals surface area contributed by atoms with Gasteiger partial charge >= 0.3 is 0 Å². The normalized spacial score (nSPS) is 18.8. The number of benzene rings is 1. The second-order valence-electron chi connectivity index (χ2n) is 5.61. The maximum Gasteiger partial charge on any atom is 0.226 e. The van der Waals surface area contributed by atoms with Crippen molar-refractivity contribution in [1.82, 2.24) is 10.6 Å². The molecule has 1 unspecified atom stereocenters. The van der Waals surface area contributed by atoms with Gasteiger partial charge in [0.1, 0.15) is 0 Å². The largest absolute Gasteiger partial charge is 0.375 e. The average Bonchev–Trinajstić information content (AvgIpc) is 2.44. The number of hydrogen-bond acceptors (Lipinski definition) is 3. The van der Waals surface area contributed by atoms with E-state index < -0.39 is 5.41 Å². The van der Waals surface area contributed by atoms with Crippen LogP contribution in [-0.2, 0) is 16.1 Å². The van der Waals surface area contributed by atoms with Crippen molar-refractivity contribution >= 4 is 5.91 Å². The lowest BCUT2D eigenvalue weighted by atomic mass is 9.91. The molecule has 1 aliphatic rings. The summed E-state index contributed by atoms with van der Waals surface area (Å²) in [5, 5.41) is 6.15. The second kappa shape index (κ2) is 5.72. The maximum absolute atomic E-state index is 11.8. The van der Waals surface area contributed by atoms with Crippen molar-refractivity contribution in [2.45, 2.75) is 26.5 Å². The van der Waals surface area contributed by atoms with E-state index in [9.17, 15) is 4.79 Å². The molecule has 0 bridgehead atoms. The molecule has 1 aromatic carbocycles. The van der Waals surface area contributed by atoms with Crippen molar-refractivity contribution in [3.8, 4) is 0 Å². The van der Waals surface area contributed by atoms with Crippen LogP contribution >= 0.6 is 0 Å². The molecule has 1 amide bonds. The van der Waals surface area contributed by atoms with Gasteiger partial charge in [0.05, 0.1) is 24.7 Å². The fraction of sp³-hybridized carbons (Fsp3) is 0.533. The smallest absolute Gasteiger partial charge is 0.226 e. The molecule has 4 heteroatoms. The number of rotatable bonds is 4. The van der Waals surface area contributed by atoms with E-state index in [0.717, 1.165) is 0 Å². The molecule has 4 nitrogen and oxygen atoms in total. The molecule has 1 heterocycles. The Kier molecular flexibility index (Phi) is 4.22. The van der Waals surface area contributed by atoms with Crippen molar-refractivity contribution in [2.24, 2.45) is 5.41 Å². The molecule has 1 atom stereocenters. The molecule has 104 valence electrons. The van der Waals surface area contributed by atoms with Gasteiger partial charge in [0.2, 0.25) is 5.91 Å². The summed E-state index contributed by atoms with van der Waals surface area (Å²) in [6.07, 6.45) is 0. The average molecular weight is 262 g/mol. The molecule has 2 rings (SSSR count). The molecular formula is C15H22N2O2. The zero-order valence-electron chi connectivity index (χ0n) is 11.8. The van der Waals surface area contributed by atoms with E-state index in [0.29, 0.717) is 19.8 Å². The van der Waals surface area contributed by atoms with Crippen LogP contribution < -0.4 is 10.6 Å². The molecule has 0 aromatic heterocycles. The monoisotopic (exact) mass is 262 g/mol. The van der Waals surface area contributed by atoms with Crippen molar-refractivity contribution < 1.29 is 9.53 Å². The molecule has 0 saturated carbocycles. The third kappa shape index (κ3) is 3.14. The summed E-state index contributed by atoms with van der Waals surface area (Å²) in [6.45, 7) is 5.83. The molecular weight excluding hydrogens is 240 g/mol. The van der Waals surface area contributed by atoms with Gasteiger partial charge in [-0.25, -0.2) is 0 Å². The minimum Gasteiger partial charge on any atom is -0.375 e. The van der Waals surface area contributed by atoms with Crippen LogP contribution in [0.5, 0.6) is 0 Å². The van der Waals surface area contributed by atoms with E-state index in [1.165, 1.54) is 11.1 Å². The lowest BCUT2D eigenvalue weighted by Crippen LogP contribution is -2.44.